The smallest absolute Gasteiger partial charge is 0.151 e. The molecule has 3 fully saturated rings. The maximum Gasteiger partial charge on any atom is 0.151 e. The van der Waals surface area contributed by atoms with Crippen molar-refractivity contribution in [3.8, 4) is 22.7 Å². The molecule has 7 nitrogen and oxygen atoms in total. The van der Waals surface area contributed by atoms with Crippen molar-refractivity contribution in [2.75, 3.05) is 18.5 Å². The Bertz CT molecular complexity index is 993. The quantitative estimate of drug-likeness (QED) is 0.713. The van der Waals surface area contributed by atoms with E-state index in [2.05, 4.69) is 39.4 Å². The molecule has 0 radical (unpaired) electrons. The molecule has 4 heterocycles. The summed E-state index contributed by atoms with van der Waals surface area (Å²) in [4.78, 5) is 6.32. The minimum atomic E-state index is 0.176. The van der Waals surface area contributed by atoms with Crippen molar-refractivity contribution < 1.29 is 5.11 Å². The fraction of sp³-hybridized carbons (Fsp3) is 0.409. The van der Waals surface area contributed by atoms with Crippen LogP contribution in [-0.2, 0) is 0 Å². The maximum absolute atomic E-state index is 10.5. The number of anilines is 1. The van der Waals surface area contributed by atoms with Crippen LogP contribution in [0, 0.1) is 5.92 Å². The van der Waals surface area contributed by atoms with E-state index < -0.39 is 0 Å². The lowest BCUT2D eigenvalue weighted by atomic mass is 9.69. The van der Waals surface area contributed by atoms with Crippen molar-refractivity contribution in [2.24, 2.45) is 5.92 Å². The normalized spacial score (nSPS) is 25.9. The van der Waals surface area contributed by atoms with Crippen LogP contribution in [0.3, 0.4) is 0 Å². The highest BCUT2D eigenvalue weighted by molar-refractivity contribution is 5.69. The summed E-state index contributed by atoms with van der Waals surface area (Å²) >= 11 is 0. The summed E-state index contributed by atoms with van der Waals surface area (Å²) in [7, 11) is 2.12. The van der Waals surface area contributed by atoms with Crippen LogP contribution in [0.1, 0.15) is 26.2 Å². The number of nitrogens with zero attached hydrogens (tertiary/aromatic N) is 5. The van der Waals surface area contributed by atoms with Crippen molar-refractivity contribution in [3.63, 3.8) is 0 Å². The first-order chi connectivity index (χ1) is 14.0. The third kappa shape index (κ3) is 3.25. The topological polar surface area (TPSA) is 79.1 Å². The highest BCUT2D eigenvalue weighted by Gasteiger charge is 2.44. The number of benzene rings is 1. The van der Waals surface area contributed by atoms with E-state index in [9.17, 15) is 5.11 Å². The monoisotopic (exact) mass is 390 g/mol. The number of rotatable bonds is 4. The Morgan fingerprint density at radius 1 is 1.24 bits per heavy atom. The van der Waals surface area contributed by atoms with E-state index in [-0.39, 0.29) is 11.3 Å². The number of piperidine rings is 2. The number of fused-ring (bicyclic) bond motifs is 3. The van der Waals surface area contributed by atoms with E-state index in [0.717, 1.165) is 24.5 Å². The summed E-state index contributed by atoms with van der Waals surface area (Å²) in [5.74, 6) is 1.71. The van der Waals surface area contributed by atoms with Crippen LogP contribution in [0.2, 0.25) is 0 Å². The largest absolute Gasteiger partial charge is 0.507 e. The lowest BCUT2D eigenvalue weighted by Gasteiger charge is -2.52. The molecule has 3 aliphatic rings. The second-order valence-electron chi connectivity index (χ2n) is 8.57. The Morgan fingerprint density at radius 2 is 2.14 bits per heavy atom. The number of aromatic nitrogens is 4. The molecule has 1 aromatic carbocycles. The van der Waals surface area contributed by atoms with Gasteiger partial charge < -0.3 is 19.9 Å². The minimum absolute atomic E-state index is 0.176. The first-order valence-corrected chi connectivity index (χ1v) is 10.2. The van der Waals surface area contributed by atoms with Crippen molar-refractivity contribution in [1.82, 2.24) is 25.1 Å². The van der Waals surface area contributed by atoms with Crippen LogP contribution in [0.5, 0.6) is 5.75 Å². The molecule has 2 saturated heterocycles. The molecule has 0 amide bonds. The number of phenolic OH excluding ortho intramolecular Hbond substituents is 1. The number of aromatic hydroxyl groups is 1. The lowest BCUT2D eigenvalue weighted by molar-refractivity contribution is 0.108. The van der Waals surface area contributed by atoms with Crippen molar-refractivity contribution in [2.45, 2.75) is 37.8 Å². The maximum atomic E-state index is 10.5. The molecule has 29 heavy (non-hydrogen) atoms. The van der Waals surface area contributed by atoms with E-state index in [1.807, 2.05) is 35.0 Å². The second kappa shape index (κ2) is 6.84. The molecule has 2 aliphatic heterocycles. The predicted molar refractivity (Wildman–Crippen MR) is 112 cm³/mol. The molecule has 6 rings (SSSR count). The van der Waals surface area contributed by atoms with E-state index >= 15 is 0 Å². The summed E-state index contributed by atoms with van der Waals surface area (Å²) < 4.78 is 1.85. The van der Waals surface area contributed by atoms with Gasteiger partial charge in [-0.3, -0.25) is 0 Å². The van der Waals surface area contributed by atoms with Gasteiger partial charge in [-0.15, -0.1) is 10.2 Å². The predicted octanol–water partition coefficient (Wildman–Crippen LogP) is 3.00. The molecule has 3 atom stereocenters. The van der Waals surface area contributed by atoms with Gasteiger partial charge in [-0.2, -0.15) is 0 Å². The van der Waals surface area contributed by atoms with Crippen molar-refractivity contribution in [1.29, 1.82) is 0 Å². The summed E-state index contributed by atoms with van der Waals surface area (Å²) in [5.41, 5.74) is 2.42. The summed E-state index contributed by atoms with van der Waals surface area (Å²) in [6.45, 7) is 3.41. The molecule has 1 unspecified atom stereocenters. The molecular weight excluding hydrogens is 364 g/mol. The molecule has 2 aromatic heterocycles. The number of phenols is 1. The number of imidazole rings is 1. The van der Waals surface area contributed by atoms with Gasteiger partial charge in [0.05, 0.1) is 17.7 Å². The minimum Gasteiger partial charge on any atom is -0.507 e. The van der Waals surface area contributed by atoms with Crippen LogP contribution in [-0.4, -0.2) is 50.0 Å². The zero-order valence-electron chi connectivity index (χ0n) is 16.8. The van der Waals surface area contributed by atoms with E-state index in [1.165, 1.54) is 12.8 Å². The van der Waals surface area contributed by atoms with E-state index in [1.54, 1.807) is 18.6 Å². The molecule has 2 N–H and O–H groups in total. The molecule has 3 aromatic rings. The van der Waals surface area contributed by atoms with Gasteiger partial charge in [0.25, 0.3) is 0 Å². The van der Waals surface area contributed by atoms with Gasteiger partial charge in [-0.1, -0.05) is 0 Å². The number of hydrogen-bond acceptors (Lipinski definition) is 6. The van der Waals surface area contributed by atoms with Gasteiger partial charge in [-0.25, -0.2) is 4.98 Å². The Hall–Kier alpha value is -2.93. The lowest BCUT2D eigenvalue weighted by Crippen LogP contribution is -2.62. The first kappa shape index (κ1) is 18.1. The Balaban J connectivity index is 1.36. The molecule has 0 spiro atoms. The van der Waals surface area contributed by atoms with Crippen LogP contribution >= 0.6 is 0 Å². The Kier molecular flexibility index (Phi) is 4.28. The van der Waals surface area contributed by atoms with Crippen LogP contribution in [0.25, 0.3) is 16.9 Å². The van der Waals surface area contributed by atoms with E-state index in [4.69, 9.17) is 0 Å². The number of hydrogen-bond donors (Lipinski definition) is 2. The average Bonchev–Trinajstić information content (AvgIpc) is 3.28. The summed E-state index contributed by atoms with van der Waals surface area (Å²) in [6, 6.07) is 9.94. The van der Waals surface area contributed by atoms with Gasteiger partial charge >= 0.3 is 0 Å². The second-order valence-corrected chi connectivity index (χ2v) is 8.57. The van der Waals surface area contributed by atoms with Gasteiger partial charge in [0.2, 0.25) is 0 Å². The fourth-order valence-corrected chi connectivity index (χ4v) is 4.79. The third-order valence-corrected chi connectivity index (χ3v) is 6.63. The van der Waals surface area contributed by atoms with Gasteiger partial charge in [0.15, 0.2) is 5.82 Å². The standard InChI is InChI=1S/C22H26N6O/c1-22-8-7-15(13-24-22)19(12-22)27(2)21-6-5-18(25-26-21)17-4-3-16(11-20(17)29)28-10-9-23-14-28/h3-6,9-11,14-15,19,24,29H,7-8,12-13H2,1-2H3/t15?,19-,22+/m1/s1. The molecule has 1 saturated carbocycles. The molecule has 150 valence electrons. The van der Waals surface area contributed by atoms with Crippen LogP contribution in [0.15, 0.2) is 49.1 Å². The fourth-order valence-electron chi connectivity index (χ4n) is 4.79. The third-order valence-electron chi connectivity index (χ3n) is 6.63. The summed E-state index contributed by atoms with van der Waals surface area (Å²) in [5, 5.41) is 23.1. The zero-order chi connectivity index (χ0) is 20.0. The Morgan fingerprint density at radius 3 is 2.76 bits per heavy atom. The highest BCUT2D eigenvalue weighted by Crippen LogP contribution is 2.40. The SMILES string of the molecule is CN(c1ccc(-c2ccc(-n3ccnc3)cc2O)nn1)[C@@H]1C[C@]2(C)CCC1CN2. The van der Waals surface area contributed by atoms with Gasteiger partial charge in [-0.05, 0) is 56.4 Å². The number of nitrogens with one attached hydrogen (secondary N) is 1. The zero-order valence-corrected chi connectivity index (χ0v) is 16.8. The average molecular weight is 390 g/mol. The van der Waals surface area contributed by atoms with Crippen molar-refractivity contribution >= 4 is 5.82 Å². The highest BCUT2D eigenvalue weighted by atomic mass is 16.3. The van der Waals surface area contributed by atoms with Gasteiger partial charge in [0.1, 0.15) is 5.75 Å². The molecule has 1 aliphatic carbocycles. The molecule has 7 heteroatoms. The van der Waals surface area contributed by atoms with Crippen LogP contribution in [0.4, 0.5) is 5.82 Å². The van der Waals surface area contributed by atoms with Gasteiger partial charge in [0, 0.05) is 49.2 Å². The molecular formula is C22H26N6O. The van der Waals surface area contributed by atoms with E-state index in [0.29, 0.717) is 23.2 Å². The van der Waals surface area contributed by atoms with Crippen LogP contribution < -0.4 is 10.2 Å². The first-order valence-electron chi connectivity index (χ1n) is 10.2. The summed E-state index contributed by atoms with van der Waals surface area (Å²) in [6.07, 6.45) is 8.90. The Labute approximate surface area is 170 Å². The van der Waals surface area contributed by atoms with Crippen molar-refractivity contribution in [3.05, 3.63) is 49.1 Å². The molecule has 2 bridgehead atoms.